The molecule has 0 saturated carbocycles. The van der Waals surface area contributed by atoms with Gasteiger partial charge < -0.3 is 10.6 Å². The molecule has 0 aromatic heterocycles. The van der Waals surface area contributed by atoms with Crippen molar-refractivity contribution in [3.8, 4) is 0 Å². The lowest BCUT2D eigenvalue weighted by Gasteiger charge is -2.11. The first-order valence-corrected chi connectivity index (χ1v) is 7.53. The number of rotatable bonds is 4. The molecule has 4 nitrogen and oxygen atoms in total. The molecule has 0 radical (unpaired) electrons. The van der Waals surface area contributed by atoms with Gasteiger partial charge in [0.15, 0.2) is 0 Å². The number of benzene rings is 1. The van der Waals surface area contributed by atoms with Crippen LogP contribution in [0.1, 0.15) is 37.8 Å². The lowest BCUT2D eigenvalue weighted by atomic mass is 10.1. The quantitative estimate of drug-likeness (QED) is 0.878. The van der Waals surface area contributed by atoms with Gasteiger partial charge in [-0.2, -0.15) is 0 Å². The molecule has 0 bridgehead atoms. The van der Waals surface area contributed by atoms with Gasteiger partial charge in [0.05, 0.1) is 13.1 Å². The van der Waals surface area contributed by atoms with E-state index in [1.807, 2.05) is 0 Å². The monoisotopic (exact) mass is 270 g/mol. The van der Waals surface area contributed by atoms with E-state index < -0.39 is 0 Å². The van der Waals surface area contributed by atoms with Gasteiger partial charge in [-0.3, -0.25) is 9.98 Å². The van der Waals surface area contributed by atoms with Crippen molar-refractivity contribution in [2.45, 2.75) is 38.8 Å². The Morgan fingerprint density at radius 1 is 0.950 bits per heavy atom. The molecule has 1 aromatic rings. The summed E-state index contributed by atoms with van der Waals surface area (Å²) in [7, 11) is 0. The van der Waals surface area contributed by atoms with Crippen LogP contribution in [0.2, 0.25) is 0 Å². The highest BCUT2D eigenvalue weighted by molar-refractivity contribution is 6.05. The van der Waals surface area contributed by atoms with Crippen molar-refractivity contribution in [3.05, 3.63) is 35.4 Å². The molecule has 2 heterocycles. The third-order valence-corrected chi connectivity index (χ3v) is 4.02. The topological polar surface area (TPSA) is 48.8 Å². The molecule has 20 heavy (non-hydrogen) atoms. The van der Waals surface area contributed by atoms with Crippen LogP contribution in [0.3, 0.4) is 0 Å². The van der Waals surface area contributed by atoms with Gasteiger partial charge in [0.2, 0.25) is 0 Å². The average molecular weight is 270 g/mol. The maximum atomic E-state index is 4.60. The van der Waals surface area contributed by atoms with E-state index in [9.17, 15) is 0 Å². The van der Waals surface area contributed by atoms with Crippen LogP contribution in [0.15, 0.2) is 34.3 Å². The van der Waals surface area contributed by atoms with Crippen molar-refractivity contribution in [1.82, 2.24) is 10.6 Å². The molecule has 2 aliphatic heterocycles. The van der Waals surface area contributed by atoms with Crippen molar-refractivity contribution in [2.24, 2.45) is 9.98 Å². The molecule has 106 valence electrons. The first-order chi connectivity index (χ1) is 9.80. The van der Waals surface area contributed by atoms with Gasteiger partial charge in [0, 0.05) is 23.2 Å². The van der Waals surface area contributed by atoms with Gasteiger partial charge in [0.25, 0.3) is 0 Å². The fraction of sp³-hybridized carbons (Fsp3) is 0.500. The van der Waals surface area contributed by atoms with E-state index in [4.69, 9.17) is 0 Å². The van der Waals surface area contributed by atoms with E-state index in [2.05, 4.69) is 58.7 Å². The van der Waals surface area contributed by atoms with E-state index >= 15 is 0 Å². The first kappa shape index (κ1) is 13.2. The summed E-state index contributed by atoms with van der Waals surface area (Å²) in [4.78, 5) is 9.20. The molecule has 0 aliphatic carbocycles. The van der Waals surface area contributed by atoms with Crippen molar-refractivity contribution in [2.75, 3.05) is 13.1 Å². The molecular formula is C16H22N4. The summed E-state index contributed by atoms with van der Waals surface area (Å²) in [5.41, 5.74) is 2.31. The van der Waals surface area contributed by atoms with Crippen LogP contribution in [0, 0.1) is 0 Å². The third kappa shape index (κ3) is 2.55. The predicted octanol–water partition coefficient (Wildman–Crippen LogP) is 1.94. The molecule has 1 aromatic carbocycles. The molecule has 0 amide bonds. The summed E-state index contributed by atoms with van der Waals surface area (Å²) in [6.45, 7) is 6.14. The molecular weight excluding hydrogens is 248 g/mol. The lowest BCUT2D eigenvalue weighted by molar-refractivity contribution is 0.636. The van der Waals surface area contributed by atoms with Crippen LogP contribution in [0.25, 0.3) is 0 Å². The summed E-state index contributed by atoms with van der Waals surface area (Å²) in [6.07, 6.45) is 2.22. The van der Waals surface area contributed by atoms with Crippen LogP contribution in [-0.4, -0.2) is 36.8 Å². The minimum Gasteiger partial charge on any atom is -0.365 e. The Morgan fingerprint density at radius 3 is 1.85 bits per heavy atom. The number of hydrogen-bond acceptors (Lipinski definition) is 4. The minimum absolute atomic E-state index is 0.486. The van der Waals surface area contributed by atoms with Crippen LogP contribution < -0.4 is 10.6 Å². The highest BCUT2D eigenvalue weighted by atomic mass is 15.1. The zero-order valence-electron chi connectivity index (χ0n) is 12.2. The number of amidine groups is 2. The molecule has 0 spiro atoms. The Morgan fingerprint density at radius 2 is 1.45 bits per heavy atom. The van der Waals surface area contributed by atoms with Crippen molar-refractivity contribution < 1.29 is 0 Å². The maximum absolute atomic E-state index is 4.60. The molecule has 2 atom stereocenters. The normalized spacial score (nSPS) is 24.9. The Kier molecular flexibility index (Phi) is 3.72. The molecule has 2 unspecified atom stereocenters. The average Bonchev–Trinajstić information content (AvgIpc) is 3.16. The van der Waals surface area contributed by atoms with Crippen LogP contribution in [0.4, 0.5) is 0 Å². The van der Waals surface area contributed by atoms with Crippen LogP contribution in [-0.2, 0) is 0 Å². The Hall–Kier alpha value is -1.84. The smallest absolute Gasteiger partial charge is 0.128 e. The highest BCUT2D eigenvalue weighted by Gasteiger charge is 2.19. The van der Waals surface area contributed by atoms with Crippen molar-refractivity contribution in [3.63, 3.8) is 0 Å². The fourth-order valence-corrected chi connectivity index (χ4v) is 2.60. The predicted molar refractivity (Wildman–Crippen MR) is 83.7 cm³/mol. The van der Waals surface area contributed by atoms with E-state index in [0.717, 1.165) is 48.7 Å². The van der Waals surface area contributed by atoms with Crippen LogP contribution >= 0.6 is 0 Å². The molecule has 0 saturated heterocycles. The highest BCUT2D eigenvalue weighted by Crippen LogP contribution is 2.13. The summed E-state index contributed by atoms with van der Waals surface area (Å²) in [6, 6.07) is 9.45. The van der Waals surface area contributed by atoms with Gasteiger partial charge in [-0.15, -0.1) is 0 Å². The zero-order chi connectivity index (χ0) is 13.9. The van der Waals surface area contributed by atoms with E-state index in [0.29, 0.717) is 12.1 Å². The molecule has 0 fully saturated rings. The number of nitrogens with zero attached hydrogens (tertiary/aromatic N) is 2. The summed E-state index contributed by atoms with van der Waals surface area (Å²) in [5.74, 6) is 2.04. The van der Waals surface area contributed by atoms with E-state index in [1.165, 1.54) is 0 Å². The Balaban J connectivity index is 1.77. The molecule has 2 aliphatic rings. The second-order valence-corrected chi connectivity index (χ2v) is 5.46. The third-order valence-electron chi connectivity index (χ3n) is 4.02. The second-order valence-electron chi connectivity index (χ2n) is 5.46. The number of hydrogen-bond donors (Lipinski definition) is 2. The maximum Gasteiger partial charge on any atom is 0.128 e. The SMILES string of the molecule is CCC1CN=C(c2cccc(C3=NCC(CC)N3)c2)N1. The first-order valence-electron chi connectivity index (χ1n) is 7.53. The zero-order valence-corrected chi connectivity index (χ0v) is 12.2. The minimum atomic E-state index is 0.486. The standard InChI is InChI=1S/C16H22N4/c1-3-13-9-17-15(19-13)11-6-5-7-12(8-11)16-18-10-14(4-2)20-16/h5-8,13-14H,3-4,9-10H2,1-2H3,(H,17,19)(H,18,20). The van der Waals surface area contributed by atoms with Gasteiger partial charge >= 0.3 is 0 Å². The molecule has 2 N–H and O–H groups in total. The van der Waals surface area contributed by atoms with Crippen molar-refractivity contribution >= 4 is 11.7 Å². The van der Waals surface area contributed by atoms with E-state index in [1.54, 1.807) is 0 Å². The number of aliphatic imine (C=N–C) groups is 2. The van der Waals surface area contributed by atoms with Gasteiger partial charge in [-0.25, -0.2) is 0 Å². The summed E-state index contributed by atoms with van der Waals surface area (Å²) < 4.78 is 0. The van der Waals surface area contributed by atoms with Gasteiger partial charge in [0.1, 0.15) is 11.7 Å². The van der Waals surface area contributed by atoms with Gasteiger partial charge in [-0.05, 0) is 18.9 Å². The van der Waals surface area contributed by atoms with E-state index in [-0.39, 0.29) is 0 Å². The molecule has 3 rings (SSSR count). The number of nitrogens with one attached hydrogen (secondary N) is 2. The van der Waals surface area contributed by atoms with Crippen LogP contribution in [0.5, 0.6) is 0 Å². The summed E-state index contributed by atoms with van der Waals surface area (Å²) in [5, 5.41) is 6.97. The lowest BCUT2D eigenvalue weighted by Crippen LogP contribution is -2.31. The molecule has 4 heteroatoms. The second kappa shape index (κ2) is 5.65. The fourth-order valence-electron chi connectivity index (χ4n) is 2.60. The largest absolute Gasteiger partial charge is 0.365 e. The van der Waals surface area contributed by atoms with Crippen molar-refractivity contribution in [1.29, 1.82) is 0 Å². The Labute approximate surface area is 120 Å². The van der Waals surface area contributed by atoms with Gasteiger partial charge in [-0.1, -0.05) is 32.0 Å². The Bertz CT molecular complexity index is 502. The summed E-state index contributed by atoms with van der Waals surface area (Å²) >= 11 is 0.